The number of carbonyl (C=O) groups is 3. The maximum atomic E-state index is 11.7. The van der Waals surface area contributed by atoms with Crippen molar-refractivity contribution in [1.29, 1.82) is 0 Å². The van der Waals surface area contributed by atoms with Crippen LogP contribution in [0.15, 0.2) is 30.3 Å². The van der Waals surface area contributed by atoms with E-state index in [2.05, 4.69) is 10.6 Å². The summed E-state index contributed by atoms with van der Waals surface area (Å²) < 4.78 is 0. The van der Waals surface area contributed by atoms with Gasteiger partial charge < -0.3 is 10.4 Å². The van der Waals surface area contributed by atoms with Gasteiger partial charge in [-0.2, -0.15) is 0 Å². The van der Waals surface area contributed by atoms with Crippen LogP contribution in [0.4, 0.5) is 4.79 Å². The topological polar surface area (TPSA) is 98.7 Å². The molecule has 0 aliphatic carbocycles. The lowest BCUT2D eigenvalue weighted by molar-refractivity contribution is -0.139. The van der Waals surface area contributed by atoms with Gasteiger partial charge in [0.2, 0.25) is 5.91 Å². The van der Waals surface area contributed by atoms with Crippen LogP contribution in [-0.2, 0) is 16.1 Å². The Hall–Kier alpha value is -2.41. The van der Waals surface area contributed by atoms with E-state index in [9.17, 15) is 14.4 Å². The fourth-order valence-corrected chi connectivity index (χ4v) is 1.95. The zero-order chi connectivity index (χ0) is 17.2. The highest BCUT2D eigenvalue weighted by molar-refractivity contribution is 5.94. The first kappa shape index (κ1) is 18.6. The number of benzene rings is 1. The van der Waals surface area contributed by atoms with Gasteiger partial charge in [0, 0.05) is 25.6 Å². The molecule has 0 saturated carbocycles. The predicted octanol–water partition coefficient (Wildman–Crippen LogP) is 1.20. The van der Waals surface area contributed by atoms with Gasteiger partial charge in [0.25, 0.3) is 0 Å². The second-order valence-corrected chi connectivity index (χ2v) is 5.42. The van der Waals surface area contributed by atoms with Gasteiger partial charge in [0.15, 0.2) is 0 Å². The second kappa shape index (κ2) is 9.58. The molecular formula is C16H23N3O4. The van der Waals surface area contributed by atoms with E-state index in [1.54, 1.807) is 4.90 Å². The van der Waals surface area contributed by atoms with Crippen molar-refractivity contribution in [2.75, 3.05) is 13.1 Å². The number of amides is 3. The van der Waals surface area contributed by atoms with E-state index in [4.69, 9.17) is 5.11 Å². The maximum Gasteiger partial charge on any atom is 0.321 e. The van der Waals surface area contributed by atoms with E-state index < -0.39 is 17.9 Å². The Bertz CT molecular complexity index is 531. The van der Waals surface area contributed by atoms with Crippen molar-refractivity contribution < 1.29 is 19.5 Å². The summed E-state index contributed by atoms with van der Waals surface area (Å²) in [6.07, 6.45) is 0.0597. The average Bonchev–Trinajstić information content (AvgIpc) is 2.50. The number of nitrogens with zero attached hydrogens (tertiary/aromatic N) is 1. The van der Waals surface area contributed by atoms with E-state index in [-0.39, 0.29) is 25.6 Å². The largest absolute Gasteiger partial charge is 0.480 e. The molecule has 23 heavy (non-hydrogen) atoms. The minimum Gasteiger partial charge on any atom is -0.480 e. The van der Waals surface area contributed by atoms with Gasteiger partial charge in [0.1, 0.15) is 0 Å². The minimum absolute atomic E-state index is 0.00538. The number of hydrogen-bond acceptors (Lipinski definition) is 4. The van der Waals surface area contributed by atoms with E-state index >= 15 is 0 Å². The number of carbonyl (C=O) groups excluding carboxylic acids is 2. The molecule has 0 radical (unpaired) electrons. The normalized spacial score (nSPS) is 10.6. The average molecular weight is 321 g/mol. The molecule has 0 saturated heterocycles. The van der Waals surface area contributed by atoms with Gasteiger partial charge in [-0.25, -0.2) is 4.79 Å². The summed E-state index contributed by atoms with van der Waals surface area (Å²) in [5.74, 6) is -1.38. The van der Waals surface area contributed by atoms with Gasteiger partial charge in [-0.05, 0) is 19.4 Å². The molecule has 0 aromatic heterocycles. The lowest BCUT2D eigenvalue weighted by Crippen LogP contribution is -2.42. The Morgan fingerprint density at radius 3 is 2.39 bits per heavy atom. The standard InChI is InChI=1S/C16H23N3O4/c1-12(2)19(11-15(21)22)9-8-14(20)18-16(23)17-10-13-6-4-3-5-7-13/h3-7,12H,8-11H2,1-2H3,(H,21,22)(H2,17,18,20,23). The minimum atomic E-state index is -0.945. The van der Waals surface area contributed by atoms with Crippen molar-refractivity contribution in [2.45, 2.75) is 32.9 Å². The Morgan fingerprint density at radius 2 is 1.83 bits per heavy atom. The lowest BCUT2D eigenvalue weighted by Gasteiger charge is -2.23. The molecular weight excluding hydrogens is 298 g/mol. The third-order valence-corrected chi connectivity index (χ3v) is 3.24. The molecule has 0 aliphatic heterocycles. The lowest BCUT2D eigenvalue weighted by atomic mass is 10.2. The number of carboxylic acid groups (broad SMARTS) is 1. The Balaban J connectivity index is 2.31. The highest BCUT2D eigenvalue weighted by atomic mass is 16.4. The van der Waals surface area contributed by atoms with Crippen molar-refractivity contribution in [1.82, 2.24) is 15.5 Å². The molecule has 1 aromatic carbocycles. The quantitative estimate of drug-likeness (QED) is 0.668. The Morgan fingerprint density at radius 1 is 1.17 bits per heavy atom. The molecule has 126 valence electrons. The maximum absolute atomic E-state index is 11.7. The molecule has 0 fully saturated rings. The van der Waals surface area contributed by atoms with Crippen LogP contribution in [0.3, 0.4) is 0 Å². The van der Waals surface area contributed by atoms with Gasteiger partial charge in [-0.1, -0.05) is 30.3 Å². The summed E-state index contributed by atoms with van der Waals surface area (Å²) in [6.45, 7) is 4.19. The first-order chi connectivity index (χ1) is 10.9. The molecule has 3 amide bonds. The number of imide groups is 1. The smallest absolute Gasteiger partial charge is 0.321 e. The third kappa shape index (κ3) is 7.96. The van der Waals surface area contributed by atoms with Gasteiger partial charge >= 0.3 is 12.0 Å². The molecule has 0 atom stereocenters. The number of rotatable bonds is 8. The molecule has 7 heteroatoms. The number of urea groups is 1. The molecule has 0 spiro atoms. The van der Waals surface area contributed by atoms with Crippen LogP contribution in [-0.4, -0.2) is 47.0 Å². The van der Waals surface area contributed by atoms with Crippen molar-refractivity contribution in [2.24, 2.45) is 0 Å². The van der Waals surface area contributed by atoms with Crippen LogP contribution in [0.2, 0.25) is 0 Å². The third-order valence-electron chi connectivity index (χ3n) is 3.24. The summed E-state index contributed by atoms with van der Waals surface area (Å²) in [5, 5.41) is 13.6. The fourth-order valence-electron chi connectivity index (χ4n) is 1.95. The molecule has 7 nitrogen and oxygen atoms in total. The Labute approximate surface area is 135 Å². The van der Waals surface area contributed by atoms with Crippen LogP contribution in [0, 0.1) is 0 Å². The number of carboxylic acids is 1. The molecule has 0 unspecified atom stereocenters. The van der Waals surface area contributed by atoms with Gasteiger partial charge in [-0.15, -0.1) is 0 Å². The van der Waals surface area contributed by atoms with E-state index in [0.29, 0.717) is 6.54 Å². The van der Waals surface area contributed by atoms with Gasteiger partial charge in [-0.3, -0.25) is 19.8 Å². The van der Waals surface area contributed by atoms with E-state index in [0.717, 1.165) is 5.56 Å². The Kier molecular flexibility index (Phi) is 7.76. The highest BCUT2D eigenvalue weighted by Crippen LogP contribution is 2.00. The zero-order valence-corrected chi connectivity index (χ0v) is 13.4. The summed E-state index contributed by atoms with van der Waals surface area (Å²) in [7, 11) is 0. The van der Waals surface area contributed by atoms with Crippen LogP contribution >= 0.6 is 0 Å². The van der Waals surface area contributed by atoms with Crippen LogP contribution < -0.4 is 10.6 Å². The highest BCUT2D eigenvalue weighted by Gasteiger charge is 2.15. The van der Waals surface area contributed by atoms with Crippen LogP contribution in [0.5, 0.6) is 0 Å². The van der Waals surface area contributed by atoms with Crippen molar-refractivity contribution in [3.63, 3.8) is 0 Å². The van der Waals surface area contributed by atoms with Crippen molar-refractivity contribution >= 4 is 17.9 Å². The van der Waals surface area contributed by atoms with Crippen molar-refractivity contribution in [3.05, 3.63) is 35.9 Å². The predicted molar refractivity (Wildman–Crippen MR) is 85.8 cm³/mol. The molecule has 1 rings (SSSR count). The SMILES string of the molecule is CC(C)N(CCC(=O)NC(=O)NCc1ccccc1)CC(=O)O. The van der Waals surface area contributed by atoms with Gasteiger partial charge in [0.05, 0.1) is 6.54 Å². The first-order valence-electron chi connectivity index (χ1n) is 7.46. The summed E-state index contributed by atoms with van der Waals surface area (Å²) in [6, 6.07) is 8.79. The molecule has 0 bridgehead atoms. The first-order valence-corrected chi connectivity index (χ1v) is 7.46. The number of hydrogen-bond donors (Lipinski definition) is 3. The summed E-state index contributed by atoms with van der Waals surface area (Å²) in [4.78, 5) is 35.8. The number of nitrogens with one attached hydrogen (secondary N) is 2. The fraction of sp³-hybridized carbons (Fsp3) is 0.438. The summed E-state index contributed by atoms with van der Waals surface area (Å²) >= 11 is 0. The molecule has 0 heterocycles. The number of aliphatic carboxylic acids is 1. The zero-order valence-electron chi connectivity index (χ0n) is 13.4. The molecule has 0 aliphatic rings. The monoisotopic (exact) mass is 321 g/mol. The second-order valence-electron chi connectivity index (χ2n) is 5.42. The van der Waals surface area contributed by atoms with Crippen LogP contribution in [0.1, 0.15) is 25.8 Å². The van der Waals surface area contributed by atoms with E-state index in [1.165, 1.54) is 0 Å². The molecule has 1 aromatic rings. The van der Waals surface area contributed by atoms with Crippen LogP contribution in [0.25, 0.3) is 0 Å². The van der Waals surface area contributed by atoms with Crippen molar-refractivity contribution in [3.8, 4) is 0 Å². The molecule has 3 N–H and O–H groups in total. The summed E-state index contributed by atoms with van der Waals surface area (Å²) in [5.41, 5.74) is 0.933. The van der Waals surface area contributed by atoms with E-state index in [1.807, 2.05) is 44.2 Å².